The number of aromatic amines is 1. The molecule has 7 nitrogen and oxygen atoms in total. The molecule has 0 radical (unpaired) electrons. The monoisotopic (exact) mass is 328 g/mol. The Balaban J connectivity index is 1.84. The zero-order chi connectivity index (χ0) is 17.3. The number of hydrogen-bond acceptors (Lipinski definition) is 5. The van der Waals surface area contributed by atoms with Crippen molar-refractivity contribution in [3.63, 3.8) is 0 Å². The summed E-state index contributed by atoms with van der Waals surface area (Å²) in [4.78, 5) is 23.5. The third-order valence-electron chi connectivity index (χ3n) is 4.37. The standard InChI is InChI=1S/C17H24N6O/c1-17(2,3)14-8-11(21-22-14)16(24)23-7-5-6-13(23)12-9-19-10-15(18-4)20-12/h8-10,13H,5-7H2,1-4H3,(H,18,20)(H,21,22)/t13-/m0/s1. The number of anilines is 1. The first-order valence-corrected chi connectivity index (χ1v) is 8.26. The van der Waals surface area contributed by atoms with Crippen LogP contribution in [-0.2, 0) is 5.41 Å². The van der Waals surface area contributed by atoms with E-state index in [4.69, 9.17) is 0 Å². The van der Waals surface area contributed by atoms with Crippen LogP contribution in [0.15, 0.2) is 18.5 Å². The summed E-state index contributed by atoms with van der Waals surface area (Å²) in [7, 11) is 1.81. The van der Waals surface area contributed by atoms with Crippen molar-refractivity contribution in [2.24, 2.45) is 0 Å². The van der Waals surface area contributed by atoms with Gasteiger partial charge in [-0.1, -0.05) is 20.8 Å². The van der Waals surface area contributed by atoms with Crippen LogP contribution in [0.25, 0.3) is 0 Å². The SMILES string of the molecule is CNc1cncc([C@@H]2CCCN2C(=O)c2cc(C(C)(C)C)[nH]n2)n1. The minimum atomic E-state index is -0.0669. The van der Waals surface area contributed by atoms with Gasteiger partial charge in [-0.25, -0.2) is 4.98 Å². The molecule has 2 aromatic heterocycles. The minimum absolute atomic E-state index is 0.0481. The second-order valence-electron chi connectivity index (χ2n) is 7.15. The molecule has 1 saturated heterocycles. The highest BCUT2D eigenvalue weighted by Gasteiger charge is 2.33. The number of nitrogens with zero attached hydrogens (tertiary/aromatic N) is 4. The van der Waals surface area contributed by atoms with Gasteiger partial charge in [-0.3, -0.25) is 14.9 Å². The maximum Gasteiger partial charge on any atom is 0.274 e. The van der Waals surface area contributed by atoms with E-state index in [1.54, 1.807) is 12.4 Å². The fourth-order valence-corrected chi connectivity index (χ4v) is 2.94. The lowest BCUT2D eigenvalue weighted by atomic mass is 9.92. The third-order valence-corrected chi connectivity index (χ3v) is 4.37. The van der Waals surface area contributed by atoms with Gasteiger partial charge in [-0.15, -0.1) is 0 Å². The highest BCUT2D eigenvalue weighted by Crippen LogP contribution is 2.32. The van der Waals surface area contributed by atoms with Crippen molar-refractivity contribution in [1.82, 2.24) is 25.1 Å². The first-order chi connectivity index (χ1) is 11.4. The molecule has 2 N–H and O–H groups in total. The molecular weight excluding hydrogens is 304 g/mol. The molecule has 3 heterocycles. The molecule has 1 aliphatic rings. The van der Waals surface area contributed by atoms with E-state index in [9.17, 15) is 4.79 Å². The topological polar surface area (TPSA) is 86.8 Å². The lowest BCUT2D eigenvalue weighted by Gasteiger charge is -2.23. The Kier molecular flexibility index (Phi) is 4.26. The second kappa shape index (κ2) is 6.22. The zero-order valence-corrected chi connectivity index (χ0v) is 14.6. The summed E-state index contributed by atoms with van der Waals surface area (Å²) in [6, 6.07) is 1.81. The number of aromatic nitrogens is 4. The van der Waals surface area contributed by atoms with Crippen molar-refractivity contribution in [1.29, 1.82) is 0 Å². The molecule has 2 aromatic rings. The zero-order valence-electron chi connectivity index (χ0n) is 14.6. The Morgan fingerprint density at radius 1 is 1.38 bits per heavy atom. The van der Waals surface area contributed by atoms with Crippen molar-refractivity contribution in [2.45, 2.75) is 45.1 Å². The summed E-state index contributed by atoms with van der Waals surface area (Å²) in [5.41, 5.74) is 2.17. The number of amides is 1. The Hall–Kier alpha value is -2.44. The average molecular weight is 328 g/mol. The number of H-pyrrole nitrogens is 1. The van der Waals surface area contributed by atoms with Crippen LogP contribution in [0.2, 0.25) is 0 Å². The summed E-state index contributed by atoms with van der Waals surface area (Å²) >= 11 is 0. The van der Waals surface area contributed by atoms with Crippen LogP contribution in [0.1, 0.15) is 61.5 Å². The molecule has 7 heteroatoms. The van der Waals surface area contributed by atoms with Gasteiger partial charge < -0.3 is 10.2 Å². The molecule has 0 spiro atoms. The van der Waals surface area contributed by atoms with Crippen LogP contribution < -0.4 is 5.32 Å². The van der Waals surface area contributed by atoms with Crippen molar-refractivity contribution in [2.75, 3.05) is 18.9 Å². The molecule has 128 valence electrons. The Bertz CT molecular complexity index is 733. The van der Waals surface area contributed by atoms with Gasteiger partial charge >= 0.3 is 0 Å². The molecule has 0 aliphatic carbocycles. The van der Waals surface area contributed by atoms with Gasteiger partial charge in [-0.05, 0) is 18.9 Å². The molecule has 1 atom stereocenters. The van der Waals surface area contributed by atoms with Crippen molar-refractivity contribution < 1.29 is 4.79 Å². The maximum atomic E-state index is 12.9. The molecule has 1 aliphatic heterocycles. The number of nitrogens with one attached hydrogen (secondary N) is 2. The molecule has 0 saturated carbocycles. The lowest BCUT2D eigenvalue weighted by molar-refractivity contribution is 0.0726. The fourth-order valence-electron chi connectivity index (χ4n) is 2.94. The average Bonchev–Trinajstić information content (AvgIpc) is 3.23. The van der Waals surface area contributed by atoms with E-state index < -0.39 is 0 Å². The summed E-state index contributed by atoms with van der Waals surface area (Å²) in [5, 5.41) is 10.2. The number of rotatable bonds is 3. The normalized spacial score (nSPS) is 18.0. The van der Waals surface area contributed by atoms with Gasteiger partial charge in [0.1, 0.15) is 11.5 Å². The van der Waals surface area contributed by atoms with Gasteiger partial charge in [0.25, 0.3) is 5.91 Å². The molecule has 0 bridgehead atoms. The van der Waals surface area contributed by atoms with Gasteiger partial charge in [0.05, 0.1) is 24.1 Å². The van der Waals surface area contributed by atoms with Crippen LogP contribution in [0, 0.1) is 0 Å². The van der Waals surface area contributed by atoms with E-state index in [0.717, 1.165) is 24.2 Å². The van der Waals surface area contributed by atoms with Crippen molar-refractivity contribution in [3.8, 4) is 0 Å². The predicted molar refractivity (Wildman–Crippen MR) is 91.9 cm³/mol. The van der Waals surface area contributed by atoms with Gasteiger partial charge in [-0.2, -0.15) is 5.10 Å². The first kappa shape index (κ1) is 16.4. The van der Waals surface area contributed by atoms with Crippen LogP contribution in [0.4, 0.5) is 5.82 Å². The second-order valence-corrected chi connectivity index (χ2v) is 7.15. The van der Waals surface area contributed by atoms with Crippen LogP contribution in [0.3, 0.4) is 0 Å². The van der Waals surface area contributed by atoms with Crippen LogP contribution in [0.5, 0.6) is 0 Å². The Morgan fingerprint density at radius 3 is 2.83 bits per heavy atom. The van der Waals surface area contributed by atoms with E-state index >= 15 is 0 Å². The van der Waals surface area contributed by atoms with Crippen molar-refractivity contribution in [3.05, 3.63) is 35.5 Å². The third kappa shape index (κ3) is 3.11. The minimum Gasteiger partial charge on any atom is -0.372 e. The number of carbonyl (C=O) groups is 1. The quantitative estimate of drug-likeness (QED) is 0.904. The summed E-state index contributed by atoms with van der Waals surface area (Å²) in [6.45, 7) is 6.98. The van der Waals surface area contributed by atoms with E-state index in [1.165, 1.54) is 0 Å². The molecule has 1 amide bonds. The largest absolute Gasteiger partial charge is 0.372 e. The summed E-state index contributed by atoms with van der Waals surface area (Å²) in [6.07, 6.45) is 5.26. The Morgan fingerprint density at radius 2 is 2.17 bits per heavy atom. The smallest absolute Gasteiger partial charge is 0.274 e. The van der Waals surface area contributed by atoms with Crippen LogP contribution >= 0.6 is 0 Å². The lowest BCUT2D eigenvalue weighted by Crippen LogP contribution is -2.31. The Labute approximate surface area is 141 Å². The van der Waals surface area contributed by atoms with E-state index in [0.29, 0.717) is 18.1 Å². The fraction of sp³-hybridized carbons (Fsp3) is 0.529. The van der Waals surface area contributed by atoms with E-state index in [1.807, 2.05) is 18.0 Å². The number of likely N-dealkylation sites (tertiary alicyclic amines) is 1. The van der Waals surface area contributed by atoms with E-state index in [-0.39, 0.29) is 17.4 Å². The van der Waals surface area contributed by atoms with Gasteiger partial charge in [0, 0.05) is 24.7 Å². The molecule has 1 fully saturated rings. The number of hydrogen-bond donors (Lipinski definition) is 2. The summed E-state index contributed by atoms with van der Waals surface area (Å²) < 4.78 is 0. The first-order valence-electron chi connectivity index (χ1n) is 8.26. The van der Waals surface area contributed by atoms with Gasteiger partial charge in [0.2, 0.25) is 0 Å². The highest BCUT2D eigenvalue weighted by atomic mass is 16.2. The molecule has 24 heavy (non-hydrogen) atoms. The molecular formula is C17H24N6O. The van der Waals surface area contributed by atoms with Gasteiger partial charge in [0.15, 0.2) is 0 Å². The number of carbonyl (C=O) groups excluding carboxylic acids is 1. The van der Waals surface area contributed by atoms with Crippen molar-refractivity contribution >= 4 is 11.7 Å². The predicted octanol–water partition coefficient (Wildman–Crippen LogP) is 2.52. The molecule has 0 aromatic carbocycles. The highest BCUT2D eigenvalue weighted by molar-refractivity contribution is 5.93. The summed E-state index contributed by atoms with van der Waals surface area (Å²) in [5.74, 6) is 0.655. The molecule has 3 rings (SSSR count). The molecule has 0 unspecified atom stereocenters. The maximum absolute atomic E-state index is 12.9. The van der Waals surface area contributed by atoms with Crippen LogP contribution in [-0.4, -0.2) is 44.6 Å². The van der Waals surface area contributed by atoms with E-state index in [2.05, 4.69) is 46.3 Å².